The SMILES string of the molecule is COc1ccc(N(CCCC(=O)Nc2ccc(C(C)C)cc2)S(C)(=O)=O)cc1. The first-order valence-electron chi connectivity index (χ1n) is 9.22. The molecule has 1 amide bonds. The second-order valence-corrected chi connectivity index (χ2v) is 8.87. The lowest BCUT2D eigenvalue weighted by molar-refractivity contribution is -0.116. The molecule has 7 heteroatoms. The van der Waals surface area contributed by atoms with Gasteiger partial charge in [0.05, 0.1) is 19.1 Å². The van der Waals surface area contributed by atoms with Crippen molar-refractivity contribution in [3.8, 4) is 5.75 Å². The molecule has 0 fully saturated rings. The fourth-order valence-corrected chi connectivity index (χ4v) is 3.76. The molecule has 0 radical (unpaired) electrons. The molecule has 0 heterocycles. The van der Waals surface area contributed by atoms with Gasteiger partial charge < -0.3 is 10.1 Å². The van der Waals surface area contributed by atoms with Gasteiger partial charge in [-0.2, -0.15) is 0 Å². The van der Waals surface area contributed by atoms with E-state index in [9.17, 15) is 13.2 Å². The maximum absolute atomic E-state index is 12.2. The van der Waals surface area contributed by atoms with E-state index in [1.54, 1.807) is 31.4 Å². The molecule has 0 atom stereocenters. The van der Waals surface area contributed by atoms with Crippen LogP contribution in [0.5, 0.6) is 5.75 Å². The van der Waals surface area contributed by atoms with Gasteiger partial charge in [0.25, 0.3) is 0 Å². The minimum atomic E-state index is -3.45. The molecule has 0 spiro atoms. The second-order valence-electron chi connectivity index (χ2n) is 6.96. The number of carbonyl (C=O) groups excluding carboxylic acids is 1. The van der Waals surface area contributed by atoms with E-state index in [-0.39, 0.29) is 18.9 Å². The van der Waals surface area contributed by atoms with Crippen LogP contribution < -0.4 is 14.4 Å². The van der Waals surface area contributed by atoms with Crippen molar-refractivity contribution < 1.29 is 17.9 Å². The number of anilines is 2. The molecule has 0 saturated heterocycles. The monoisotopic (exact) mass is 404 g/mol. The maximum Gasteiger partial charge on any atom is 0.232 e. The van der Waals surface area contributed by atoms with Gasteiger partial charge in [-0.25, -0.2) is 8.42 Å². The number of hydrogen-bond acceptors (Lipinski definition) is 4. The van der Waals surface area contributed by atoms with Gasteiger partial charge in [0.2, 0.25) is 15.9 Å². The Balaban J connectivity index is 1.93. The summed E-state index contributed by atoms with van der Waals surface area (Å²) < 4.78 is 30.7. The molecule has 2 aromatic carbocycles. The molecule has 0 bridgehead atoms. The highest BCUT2D eigenvalue weighted by Gasteiger charge is 2.17. The van der Waals surface area contributed by atoms with Gasteiger partial charge in [-0.3, -0.25) is 9.10 Å². The summed E-state index contributed by atoms with van der Waals surface area (Å²) in [5, 5.41) is 2.85. The number of sulfonamides is 1. The van der Waals surface area contributed by atoms with E-state index in [1.165, 1.54) is 9.87 Å². The molecule has 0 aliphatic rings. The molecule has 2 rings (SSSR count). The summed E-state index contributed by atoms with van der Waals surface area (Å²) >= 11 is 0. The molecule has 1 N–H and O–H groups in total. The van der Waals surface area contributed by atoms with E-state index in [4.69, 9.17) is 4.74 Å². The molecule has 0 aliphatic heterocycles. The Labute approximate surface area is 167 Å². The minimum Gasteiger partial charge on any atom is -0.497 e. The number of ether oxygens (including phenoxy) is 1. The van der Waals surface area contributed by atoms with Gasteiger partial charge in [0, 0.05) is 18.7 Å². The smallest absolute Gasteiger partial charge is 0.232 e. The van der Waals surface area contributed by atoms with Crippen LogP contribution in [0, 0.1) is 0 Å². The van der Waals surface area contributed by atoms with E-state index < -0.39 is 10.0 Å². The van der Waals surface area contributed by atoms with E-state index in [1.807, 2.05) is 24.3 Å². The summed E-state index contributed by atoms with van der Waals surface area (Å²) in [6.07, 6.45) is 1.80. The summed E-state index contributed by atoms with van der Waals surface area (Å²) in [5.41, 5.74) is 2.50. The Bertz CT molecular complexity index is 876. The Morgan fingerprint density at radius 2 is 1.68 bits per heavy atom. The van der Waals surface area contributed by atoms with Gasteiger partial charge in [-0.1, -0.05) is 26.0 Å². The van der Waals surface area contributed by atoms with Crippen LogP contribution in [0.15, 0.2) is 48.5 Å². The quantitative estimate of drug-likeness (QED) is 0.685. The molecule has 6 nitrogen and oxygen atoms in total. The van der Waals surface area contributed by atoms with Crippen molar-refractivity contribution in [3.05, 3.63) is 54.1 Å². The summed E-state index contributed by atoms with van der Waals surface area (Å²) in [5.74, 6) is 0.949. The molecular weight excluding hydrogens is 376 g/mol. The summed E-state index contributed by atoms with van der Waals surface area (Å²) in [4.78, 5) is 12.2. The van der Waals surface area contributed by atoms with Crippen LogP contribution in [-0.4, -0.2) is 34.2 Å². The molecule has 152 valence electrons. The molecule has 0 unspecified atom stereocenters. The topological polar surface area (TPSA) is 75.7 Å². The number of rotatable bonds is 9. The van der Waals surface area contributed by atoms with Crippen molar-refractivity contribution in [2.45, 2.75) is 32.6 Å². The number of nitrogens with zero attached hydrogens (tertiary/aromatic N) is 1. The average molecular weight is 405 g/mol. The van der Waals surface area contributed by atoms with Crippen molar-refractivity contribution in [1.82, 2.24) is 0 Å². The Morgan fingerprint density at radius 3 is 2.18 bits per heavy atom. The summed E-state index contributed by atoms with van der Waals surface area (Å²) in [6, 6.07) is 14.6. The first-order valence-corrected chi connectivity index (χ1v) is 11.1. The molecular formula is C21H28N2O4S. The highest BCUT2D eigenvalue weighted by Crippen LogP contribution is 2.22. The fourth-order valence-electron chi connectivity index (χ4n) is 2.79. The zero-order valence-corrected chi connectivity index (χ0v) is 17.6. The third-order valence-corrected chi connectivity index (χ3v) is 5.58. The number of methoxy groups -OCH3 is 1. The lowest BCUT2D eigenvalue weighted by atomic mass is 10.0. The Hall–Kier alpha value is -2.54. The van der Waals surface area contributed by atoms with Crippen molar-refractivity contribution in [1.29, 1.82) is 0 Å². The first-order chi connectivity index (χ1) is 13.2. The van der Waals surface area contributed by atoms with Crippen LogP contribution in [0.25, 0.3) is 0 Å². The zero-order chi connectivity index (χ0) is 20.7. The molecule has 28 heavy (non-hydrogen) atoms. The lowest BCUT2D eigenvalue weighted by Gasteiger charge is -2.22. The largest absolute Gasteiger partial charge is 0.497 e. The highest BCUT2D eigenvalue weighted by atomic mass is 32.2. The number of amides is 1. The molecule has 0 aliphatic carbocycles. The molecule has 0 saturated carbocycles. The zero-order valence-electron chi connectivity index (χ0n) is 16.8. The van der Waals surface area contributed by atoms with Crippen LogP contribution in [0.2, 0.25) is 0 Å². The van der Waals surface area contributed by atoms with Crippen LogP contribution in [0.1, 0.15) is 38.2 Å². The van der Waals surface area contributed by atoms with E-state index in [0.717, 1.165) is 11.9 Å². The fraction of sp³-hybridized carbons (Fsp3) is 0.381. The summed E-state index contributed by atoms with van der Waals surface area (Å²) in [6.45, 7) is 4.46. The predicted octanol–water partition coefficient (Wildman–Crippen LogP) is 4.00. The maximum atomic E-state index is 12.2. The highest BCUT2D eigenvalue weighted by molar-refractivity contribution is 7.92. The van der Waals surface area contributed by atoms with E-state index in [2.05, 4.69) is 19.2 Å². The normalized spacial score (nSPS) is 11.3. The van der Waals surface area contributed by atoms with Crippen molar-refractivity contribution in [3.63, 3.8) is 0 Å². The number of carbonyl (C=O) groups is 1. The average Bonchev–Trinajstić information content (AvgIpc) is 2.65. The predicted molar refractivity (Wildman–Crippen MR) is 114 cm³/mol. The Kier molecular flexibility index (Phi) is 7.45. The van der Waals surface area contributed by atoms with E-state index >= 15 is 0 Å². The first kappa shape index (κ1) is 21.8. The van der Waals surface area contributed by atoms with E-state index in [0.29, 0.717) is 23.8 Å². The van der Waals surface area contributed by atoms with Gasteiger partial charge in [0.15, 0.2) is 0 Å². The number of nitrogens with one attached hydrogen (secondary N) is 1. The van der Waals surface area contributed by atoms with Crippen LogP contribution in [-0.2, 0) is 14.8 Å². The third-order valence-electron chi connectivity index (χ3n) is 4.39. The standard InChI is InChI=1S/C21H28N2O4S/c1-16(2)17-7-9-18(10-8-17)22-21(24)6-5-15-23(28(4,25)26)19-11-13-20(27-3)14-12-19/h7-14,16H,5-6,15H2,1-4H3,(H,22,24). The minimum absolute atomic E-state index is 0.138. The summed E-state index contributed by atoms with van der Waals surface area (Å²) in [7, 11) is -1.89. The van der Waals surface area contributed by atoms with Crippen molar-refractivity contribution >= 4 is 27.3 Å². The third kappa shape index (κ3) is 6.27. The van der Waals surface area contributed by atoms with Crippen LogP contribution in [0.3, 0.4) is 0 Å². The molecule has 0 aromatic heterocycles. The molecule has 2 aromatic rings. The van der Waals surface area contributed by atoms with Gasteiger partial charge in [-0.15, -0.1) is 0 Å². The van der Waals surface area contributed by atoms with Crippen molar-refractivity contribution in [2.24, 2.45) is 0 Å². The number of hydrogen-bond donors (Lipinski definition) is 1. The lowest BCUT2D eigenvalue weighted by Crippen LogP contribution is -2.31. The van der Waals surface area contributed by atoms with Crippen LogP contribution in [0.4, 0.5) is 11.4 Å². The van der Waals surface area contributed by atoms with Crippen molar-refractivity contribution in [2.75, 3.05) is 29.5 Å². The second kappa shape index (κ2) is 9.59. The van der Waals surface area contributed by atoms with Gasteiger partial charge in [-0.05, 0) is 54.3 Å². The Morgan fingerprint density at radius 1 is 1.07 bits per heavy atom. The van der Waals surface area contributed by atoms with Crippen LogP contribution >= 0.6 is 0 Å². The van der Waals surface area contributed by atoms with Gasteiger partial charge >= 0.3 is 0 Å². The van der Waals surface area contributed by atoms with Gasteiger partial charge in [0.1, 0.15) is 5.75 Å². The number of benzene rings is 2.